The molecule has 0 aromatic heterocycles. The molecule has 0 heterocycles. The van der Waals surface area contributed by atoms with Crippen molar-refractivity contribution in [1.29, 1.82) is 0 Å². The minimum Gasteiger partial charge on any atom is -0.462 e. The molecule has 78 heavy (non-hydrogen) atoms. The van der Waals surface area contributed by atoms with E-state index in [0.29, 0.717) is 19.3 Å². The van der Waals surface area contributed by atoms with Crippen LogP contribution in [0.15, 0.2) is 36.5 Å². The molecule has 0 radical (unpaired) electrons. The zero-order chi connectivity index (χ0) is 56.4. The van der Waals surface area contributed by atoms with E-state index in [1.165, 1.54) is 276 Å². The van der Waals surface area contributed by atoms with Gasteiger partial charge >= 0.3 is 17.9 Å². The highest BCUT2D eigenvalue weighted by Crippen LogP contribution is 2.18. The number of allylic oxidation sites excluding steroid dienone is 6. The summed E-state index contributed by atoms with van der Waals surface area (Å²) in [4.78, 5) is 38.4. The van der Waals surface area contributed by atoms with Crippen LogP contribution in [0.25, 0.3) is 0 Å². The van der Waals surface area contributed by atoms with Crippen LogP contribution in [0.2, 0.25) is 0 Å². The summed E-state index contributed by atoms with van der Waals surface area (Å²) in [7, 11) is 0. The van der Waals surface area contributed by atoms with Gasteiger partial charge in [-0.05, 0) is 77.0 Å². The largest absolute Gasteiger partial charge is 0.462 e. The summed E-state index contributed by atoms with van der Waals surface area (Å²) in [5.74, 6) is -0.853. The Morgan fingerprint density at radius 3 is 0.744 bits per heavy atom. The van der Waals surface area contributed by atoms with E-state index < -0.39 is 6.10 Å². The maximum atomic E-state index is 12.9. The molecule has 0 aliphatic heterocycles. The number of unbranched alkanes of at least 4 members (excludes halogenated alkanes) is 48. The standard InChI is InChI=1S/C72H134O6/c1-4-7-10-13-16-19-22-25-27-29-31-33-35-36-38-39-41-43-45-47-50-53-56-59-62-65-71(74)77-68-69(67-76-70(73)64-61-58-55-52-49-24-21-18-15-12-9-6-3)78-72(75)66-63-60-57-54-51-48-46-44-42-40-37-34-32-30-28-26-23-20-17-14-11-8-5-2/h18,21-22,25,29,31,69H,4-17,19-20,23-24,26-28,30,32-68H2,1-3H3/b21-18-,25-22-,31-29-. The van der Waals surface area contributed by atoms with Crippen LogP contribution in [0.3, 0.4) is 0 Å². The Bertz CT molecular complexity index is 1300. The van der Waals surface area contributed by atoms with Crippen LogP contribution in [0.1, 0.15) is 387 Å². The van der Waals surface area contributed by atoms with Crippen molar-refractivity contribution in [2.75, 3.05) is 13.2 Å². The van der Waals surface area contributed by atoms with Crippen LogP contribution >= 0.6 is 0 Å². The fourth-order valence-electron chi connectivity index (χ4n) is 10.6. The molecule has 0 saturated carbocycles. The average Bonchev–Trinajstić information content (AvgIpc) is 3.44. The molecule has 0 aliphatic carbocycles. The quantitative estimate of drug-likeness (QED) is 0.0261. The first-order valence-electron chi connectivity index (χ1n) is 35.0. The van der Waals surface area contributed by atoms with Gasteiger partial charge < -0.3 is 14.2 Å². The lowest BCUT2D eigenvalue weighted by Crippen LogP contribution is -2.30. The highest BCUT2D eigenvalue weighted by Gasteiger charge is 2.19. The highest BCUT2D eigenvalue weighted by molar-refractivity contribution is 5.71. The zero-order valence-corrected chi connectivity index (χ0v) is 52.7. The molecule has 458 valence electrons. The van der Waals surface area contributed by atoms with Crippen molar-refractivity contribution in [3.8, 4) is 0 Å². The molecule has 6 nitrogen and oxygen atoms in total. The summed E-state index contributed by atoms with van der Waals surface area (Å²) < 4.78 is 17.0. The second-order valence-electron chi connectivity index (χ2n) is 23.8. The minimum absolute atomic E-state index is 0.0703. The normalized spacial score (nSPS) is 12.2. The Balaban J connectivity index is 4.21. The number of rotatable bonds is 65. The number of ether oxygens (including phenoxy) is 3. The van der Waals surface area contributed by atoms with Crippen LogP contribution in [-0.2, 0) is 28.6 Å². The summed E-state index contributed by atoms with van der Waals surface area (Å²) in [5, 5.41) is 0. The maximum absolute atomic E-state index is 12.9. The molecule has 0 aromatic carbocycles. The van der Waals surface area contributed by atoms with Gasteiger partial charge in [-0.3, -0.25) is 14.4 Å². The van der Waals surface area contributed by atoms with E-state index in [4.69, 9.17) is 14.2 Å². The lowest BCUT2D eigenvalue weighted by atomic mass is 10.0. The lowest BCUT2D eigenvalue weighted by Gasteiger charge is -2.18. The van der Waals surface area contributed by atoms with Gasteiger partial charge in [-0.2, -0.15) is 0 Å². The Morgan fingerprint density at radius 2 is 0.462 bits per heavy atom. The minimum atomic E-state index is -0.774. The molecular weight excluding hydrogens is 961 g/mol. The molecule has 1 unspecified atom stereocenters. The number of esters is 3. The fraction of sp³-hybridized carbons (Fsp3) is 0.875. The van der Waals surface area contributed by atoms with Crippen LogP contribution in [0, 0.1) is 0 Å². The average molecular weight is 1100 g/mol. The van der Waals surface area contributed by atoms with Crippen molar-refractivity contribution >= 4 is 17.9 Å². The Labute approximate surface area is 486 Å². The molecule has 0 aromatic rings. The van der Waals surface area contributed by atoms with Gasteiger partial charge in [0.2, 0.25) is 0 Å². The molecule has 6 heteroatoms. The zero-order valence-electron chi connectivity index (χ0n) is 52.7. The summed E-state index contributed by atoms with van der Waals surface area (Å²) in [6.45, 7) is 6.67. The fourth-order valence-corrected chi connectivity index (χ4v) is 10.6. The topological polar surface area (TPSA) is 78.9 Å². The van der Waals surface area contributed by atoms with Gasteiger partial charge in [0, 0.05) is 19.3 Å². The van der Waals surface area contributed by atoms with Crippen molar-refractivity contribution in [3.05, 3.63) is 36.5 Å². The summed E-state index contributed by atoms with van der Waals surface area (Å²) >= 11 is 0. The van der Waals surface area contributed by atoms with E-state index in [1.807, 2.05) is 0 Å². The van der Waals surface area contributed by atoms with Gasteiger partial charge in [0.25, 0.3) is 0 Å². The van der Waals surface area contributed by atoms with Crippen LogP contribution in [-0.4, -0.2) is 37.2 Å². The van der Waals surface area contributed by atoms with Crippen molar-refractivity contribution in [2.24, 2.45) is 0 Å². The van der Waals surface area contributed by atoms with Crippen molar-refractivity contribution in [1.82, 2.24) is 0 Å². The van der Waals surface area contributed by atoms with Gasteiger partial charge in [-0.25, -0.2) is 0 Å². The van der Waals surface area contributed by atoms with Gasteiger partial charge in [0.15, 0.2) is 6.10 Å². The summed E-state index contributed by atoms with van der Waals surface area (Å²) in [5.41, 5.74) is 0. The van der Waals surface area contributed by atoms with E-state index in [1.54, 1.807) is 0 Å². The monoisotopic (exact) mass is 1100 g/mol. The molecule has 0 N–H and O–H groups in total. The molecule has 0 bridgehead atoms. The number of carbonyl (C=O) groups excluding carboxylic acids is 3. The first-order valence-corrected chi connectivity index (χ1v) is 35.0. The number of carbonyl (C=O) groups is 3. The van der Waals surface area contributed by atoms with Gasteiger partial charge in [0.1, 0.15) is 13.2 Å². The van der Waals surface area contributed by atoms with Crippen molar-refractivity contribution < 1.29 is 28.6 Å². The third-order valence-electron chi connectivity index (χ3n) is 15.9. The van der Waals surface area contributed by atoms with Crippen LogP contribution < -0.4 is 0 Å². The molecule has 0 saturated heterocycles. The lowest BCUT2D eigenvalue weighted by molar-refractivity contribution is -0.167. The first-order chi connectivity index (χ1) is 38.5. The summed E-state index contributed by atoms with van der Waals surface area (Å²) in [6.07, 6.45) is 83.2. The first kappa shape index (κ1) is 75.6. The summed E-state index contributed by atoms with van der Waals surface area (Å²) in [6, 6.07) is 0. The second-order valence-corrected chi connectivity index (χ2v) is 23.8. The maximum Gasteiger partial charge on any atom is 0.306 e. The van der Waals surface area contributed by atoms with E-state index in [0.717, 1.165) is 70.6 Å². The smallest absolute Gasteiger partial charge is 0.306 e. The molecule has 0 amide bonds. The third-order valence-corrected chi connectivity index (χ3v) is 15.9. The second kappa shape index (κ2) is 67.1. The molecule has 0 rings (SSSR count). The van der Waals surface area contributed by atoms with Crippen molar-refractivity contribution in [3.63, 3.8) is 0 Å². The SMILES string of the molecule is CCCCC/C=C\CCCCCCCC(=O)OCC(COC(=O)CCCCCCCCCCCCCCC/C=C\C/C=C\CCCCCCC)OC(=O)CCCCCCCCCCCCCCCCCCCCCCCCC. The van der Waals surface area contributed by atoms with Gasteiger partial charge in [0.05, 0.1) is 0 Å². The number of hydrogen-bond acceptors (Lipinski definition) is 6. The van der Waals surface area contributed by atoms with E-state index in [9.17, 15) is 14.4 Å². The van der Waals surface area contributed by atoms with E-state index in [2.05, 4.69) is 57.2 Å². The van der Waals surface area contributed by atoms with E-state index in [-0.39, 0.29) is 31.1 Å². The van der Waals surface area contributed by atoms with Crippen molar-refractivity contribution in [2.45, 2.75) is 393 Å². The van der Waals surface area contributed by atoms with Crippen LogP contribution in [0.4, 0.5) is 0 Å². The Kier molecular flexibility index (Phi) is 65.1. The number of hydrogen-bond donors (Lipinski definition) is 0. The highest BCUT2D eigenvalue weighted by atomic mass is 16.6. The Hall–Kier alpha value is -2.37. The third kappa shape index (κ3) is 64.5. The van der Waals surface area contributed by atoms with Crippen LogP contribution in [0.5, 0.6) is 0 Å². The van der Waals surface area contributed by atoms with Gasteiger partial charge in [-0.1, -0.05) is 327 Å². The van der Waals surface area contributed by atoms with E-state index >= 15 is 0 Å². The molecule has 0 fully saturated rings. The molecule has 0 spiro atoms. The Morgan fingerprint density at radius 1 is 0.256 bits per heavy atom. The van der Waals surface area contributed by atoms with Gasteiger partial charge in [-0.15, -0.1) is 0 Å². The predicted molar refractivity (Wildman–Crippen MR) is 339 cm³/mol. The predicted octanol–water partition coefficient (Wildman–Crippen LogP) is 23.9. The molecule has 0 aliphatic rings. The molecule has 1 atom stereocenters. The molecular formula is C72H134O6.